The molecule has 0 aliphatic heterocycles. The molecule has 0 unspecified atom stereocenters. The predicted molar refractivity (Wildman–Crippen MR) is 84.6 cm³/mol. The van der Waals surface area contributed by atoms with Crippen molar-refractivity contribution in [2.75, 3.05) is 14.2 Å². The molecule has 0 heterocycles. The van der Waals surface area contributed by atoms with E-state index in [2.05, 4.69) is 12.7 Å². The third-order valence-electron chi connectivity index (χ3n) is 2.42. The number of ether oxygens (including phenoxy) is 2. The third kappa shape index (κ3) is 7.44. The van der Waals surface area contributed by atoms with E-state index in [1.807, 2.05) is 62.4 Å². The van der Waals surface area contributed by atoms with Gasteiger partial charge in [0.05, 0.1) is 14.2 Å². The van der Waals surface area contributed by atoms with Gasteiger partial charge in [-0.2, -0.15) is 0 Å². The fraction of sp³-hybridized carbons (Fsp3) is 0.294. The van der Waals surface area contributed by atoms with E-state index in [-0.39, 0.29) is 0 Å². The van der Waals surface area contributed by atoms with Crippen molar-refractivity contribution < 1.29 is 15.2 Å². The number of rotatable bonds is 2. The molecule has 0 aliphatic rings. The maximum Gasteiger partial charge on any atom is 0.128 e. The van der Waals surface area contributed by atoms with Gasteiger partial charge in [-0.05, 0) is 31.2 Å². The second kappa shape index (κ2) is 10.9. The van der Waals surface area contributed by atoms with Gasteiger partial charge in [-0.1, -0.05) is 31.5 Å². The maximum absolute atomic E-state index is 4.97. The molecule has 0 aromatic heterocycles. The Morgan fingerprint density at radius 1 is 0.700 bits per heavy atom. The van der Waals surface area contributed by atoms with Crippen LogP contribution >= 0.6 is 0 Å². The molecule has 0 saturated heterocycles. The Bertz CT molecular complexity index is 404. The number of quaternary nitrogens is 1. The average molecular weight is 276 g/mol. The number of hydrogen-bond donors (Lipinski definition) is 1. The SMILES string of the molecule is CC.COc1ccc(C)cc1.COc1ccc([NH3+])cc1. The van der Waals surface area contributed by atoms with Crippen LogP contribution in [0.15, 0.2) is 48.5 Å². The van der Waals surface area contributed by atoms with Gasteiger partial charge in [0.25, 0.3) is 0 Å². The lowest BCUT2D eigenvalue weighted by atomic mass is 10.2. The summed E-state index contributed by atoms with van der Waals surface area (Å²) in [6.45, 7) is 6.06. The van der Waals surface area contributed by atoms with Crippen LogP contribution in [-0.2, 0) is 0 Å². The molecule has 0 saturated carbocycles. The number of aryl methyl sites for hydroxylation is 1. The monoisotopic (exact) mass is 276 g/mol. The van der Waals surface area contributed by atoms with E-state index in [0.29, 0.717) is 0 Å². The summed E-state index contributed by atoms with van der Waals surface area (Å²) in [5, 5.41) is 0. The molecule has 0 fully saturated rings. The summed E-state index contributed by atoms with van der Waals surface area (Å²) >= 11 is 0. The van der Waals surface area contributed by atoms with Crippen LogP contribution in [-0.4, -0.2) is 14.2 Å². The zero-order valence-electron chi connectivity index (χ0n) is 13.1. The topological polar surface area (TPSA) is 46.1 Å². The first-order valence-electron chi connectivity index (χ1n) is 6.72. The maximum atomic E-state index is 4.97. The summed E-state index contributed by atoms with van der Waals surface area (Å²) in [5.41, 5.74) is 6.01. The summed E-state index contributed by atoms with van der Waals surface area (Å²) in [6.07, 6.45) is 0. The molecule has 0 bridgehead atoms. The van der Waals surface area contributed by atoms with E-state index < -0.39 is 0 Å². The highest BCUT2D eigenvalue weighted by molar-refractivity contribution is 5.34. The Morgan fingerprint density at radius 2 is 1.05 bits per heavy atom. The van der Waals surface area contributed by atoms with Crippen LogP contribution in [0.2, 0.25) is 0 Å². The summed E-state index contributed by atoms with van der Waals surface area (Å²) in [6, 6.07) is 15.6. The van der Waals surface area contributed by atoms with Crippen molar-refractivity contribution >= 4 is 5.69 Å². The van der Waals surface area contributed by atoms with E-state index in [0.717, 1.165) is 17.2 Å². The molecule has 0 amide bonds. The van der Waals surface area contributed by atoms with Crippen molar-refractivity contribution in [1.29, 1.82) is 0 Å². The minimum absolute atomic E-state index is 0.877. The van der Waals surface area contributed by atoms with Crippen LogP contribution in [0.25, 0.3) is 0 Å². The fourth-order valence-corrected chi connectivity index (χ4v) is 1.30. The summed E-state index contributed by atoms with van der Waals surface area (Å²) in [4.78, 5) is 0. The van der Waals surface area contributed by atoms with Crippen molar-refractivity contribution in [3.63, 3.8) is 0 Å². The van der Waals surface area contributed by atoms with Crippen molar-refractivity contribution in [1.82, 2.24) is 0 Å². The molecule has 2 aromatic rings. The number of benzene rings is 2. The van der Waals surface area contributed by atoms with Gasteiger partial charge in [0.1, 0.15) is 17.2 Å². The van der Waals surface area contributed by atoms with Crippen molar-refractivity contribution in [3.05, 3.63) is 54.1 Å². The van der Waals surface area contributed by atoms with Crippen molar-refractivity contribution in [3.8, 4) is 11.5 Å². The van der Waals surface area contributed by atoms with Crippen molar-refractivity contribution in [2.24, 2.45) is 0 Å². The zero-order chi connectivity index (χ0) is 15.4. The molecule has 0 radical (unpaired) electrons. The molecule has 0 aliphatic carbocycles. The lowest BCUT2D eigenvalue weighted by molar-refractivity contribution is -0.254. The number of hydrogen-bond acceptors (Lipinski definition) is 2. The molecule has 3 heteroatoms. The first-order chi connectivity index (χ1) is 9.65. The van der Waals surface area contributed by atoms with Crippen LogP contribution in [0.3, 0.4) is 0 Å². The summed E-state index contributed by atoms with van der Waals surface area (Å²) < 4.78 is 9.91. The second-order valence-electron chi connectivity index (χ2n) is 3.87. The van der Waals surface area contributed by atoms with Crippen LogP contribution in [0.1, 0.15) is 19.4 Å². The van der Waals surface area contributed by atoms with Gasteiger partial charge in [-0.3, -0.25) is 0 Å². The highest BCUT2D eigenvalue weighted by Gasteiger charge is 1.88. The highest BCUT2D eigenvalue weighted by atomic mass is 16.5. The minimum Gasteiger partial charge on any atom is -0.497 e. The zero-order valence-corrected chi connectivity index (χ0v) is 13.1. The Labute approximate surface area is 122 Å². The largest absolute Gasteiger partial charge is 0.497 e. The first kappa shape index (κ1) is 18.0. The Hall–Kier alpha value is -2.00. The van der Waals surface area contributed by atoms with E-state index in [4.69, 9.17) is 9.47 Å². The standard InChI is InChI=1S/C8H10O.C7H9NO.C2H6/c1-7-3-5-8(9-2)6-4-7;1-9-7-4-2-6(8)3-5-7;1-2/h3-6H,1-2H3;2-5H,8H2,1H3;1-2H3/p+1. The summed E-state index contributed by atoms with van der Waals surface area (Å²) in [7, 11) is 3.32. The Morgan fingerprint density at radius 3 is 1.40 bits per heavy atom. The molecule has 2 rings (SSSR count). The Balaban J connectivity index is 0.000000321. The van der Waals surface area contributed by atoms with Gasteiger partial charge in [-0.25, -0.2) is 0 Å². The number of methoxy groups -OCH3 is 2. The molecule has 0 spiro atoms. The van der Waals surface area contributed by atoms with E-state index in [9.17, 15) is 0 Å². The smallest absolute Gasteiger partial charge is 0.128 e. The lowest BCUT2D eigenvalue weighted by Crippen LogP contribution is -2.39. The van der Waals surface area contributed by atoms with Gasteiger partial charge in [-0.15, -0.1) is 0 Å². The van der Waals surface area contributed by atoms with Gasteiger partial charge in [0, 0.05) is 12.1 Å². The van der Waals surface area contributed by atoms with Crippen molar-refractivity contribution in [2.45, 2.75) is 20.8 Å². The molecule has 3 N–H and O–H groups in total. The molecule has 110 valence electrons. The quantitative estimate of drug-likeness (QED) is 0.911. The molecular formula is C17H26NO2+. The van der Waals surface area contributed by atoms with Gasteiger partial charge in [0.2, 0.25) is 0 Å². The lowest BCUT2D eigenvalue weighted by Gasteiger charge is -1.97. The van der Waals surface area contributed by atoms with Crippen LogP contribution < -0.4 is 15.2 Å². The third-order valence-corrected chi connectivity index (χ3v) is 2.42. The average Bonchev–Trinajstić information content (AvgIpc) is 2.51. The van der Waals surface area contributed by atoms with Crippen LogP contribution in [0.4, 0.5) is 5.69 Å². The van der Waals surface area contributed by atoms with E-state index >= 15 is 0 Å². The van der Waals surface area contributed by atoms with Gasteiger partial charge >= 0.3 is 0 Å². The van der Waals surface area contributed by atoms with Gasteiger partial charge in [0.15, 0.2) is 0 Å². The molecular weight excluding hydrogens is 250 g/mol. The highest BCUT2D eigenvalue weighted by Crippen LogP contribution is 2.10. The molecule has 0 atom stereocenters. The van der Waals surface area contributed by atoms with Crippen LogP contribution in [0, 0.1) is 6.92 Å². The second-order valence-corrected chi connectivity index (χ2v) is 3.87. The minimum atomic E-state index is 0.877. The Kier molecular flexibility index (Phi) is 9.79. The molecule has 2 aromatic carbocycles. The van der Waals surface area contributed by atoms with Crippen LogP contribution in [0.5, 0.6) is 11.5 Å². The fourth-order valence-electron chi connectivity index (χ4n) is 1.30. The first-order valence-corrected chi connectivity index (χ1v) is 6.72. The van der Waals surface area contributed by atoms with E-state index in [1.54, 1.807) is 14.2 Å². The van der Waals surface area contributed by atoms with E-state index in [1.165, 1.54) is 5.56 Å². The molecule has 20 heavy (non-hydrogen) atoms. The predicted octanol–water partition coefficient (Wildman–Crippen LogP) is 3.60. The normalized spacial score (nSPS) is 8.50. The summed E-state index contributed by atoms with van der Waals surface area (Å²) in [5.74, 6) is 1.79. The van der Waals surface area contributed by atoms with Gasteiger partial charge < -0.3 is 15.2 Å². The molecule has 3 nitrogen and oxygen atoms in total.